The van der Waals surface area contributed by atoms with E-state index in [1.54, 1.807) is 19.2 Å². The van der Waals surface area contributed by atoms with E-state index in [9.17, 15) is 4.79 Å². The Morgan fingerprint density at radius 3 is 2.53 bits per heavy atom. The van der Waals surface area contributed by atoms with Gasteiger partial charge in [0, 0.05) is 24.3 Å². The lowest BCUT2D eigenvalue weighted by molar-refractivity contribution is 0.0938. The van der Waals surface area contributed by atoms with E-state index in [1.807, 2.05) is 6.07 Å². The van der Waals surface area contributed by atoms with Crippen LogP contribution in [-0.4, -0.2) is 19.5 Å². The van der Waals surface area contributed by atoms with Crippen molar-refractivity contribution in [1.29, 1.82) is 0 Å². The third-order valence-electron chi connectivity index (χ3n) is 3.54. The summed E-state index contributed by atoms with van der Waals surface area (Å²) in [5.41, 5.74) is 1.54. The number of nitrogens with one attached hydrogen (secondary N) is 2. The smallest absolute Gasteiger partial charge is 0.253 e. The molecule has 0 heterocycles. The van der Waals surface area contributed by atoms with Gasteiger partial charge in [0.05, 0.1) is 5.56 Å². The zero-order valence-electron chi connectivity index (χ0n) is 12.3. The van der Waals surface area contributed by atoms with Crippen molar-refractivity contribution in [3.05, 3.63) is 28.8 Å². The molecule has 0 aliphatic carbocycles. The molecule has 3 nitrogen and oxygen atoms in total. The van der Waals surface area contributed by atoms with Gasteiger partial charge in [0.2, 0.25) is 0 Å². The van der Waals surface area contributed by atoms with Crippen molar-refractivity contribution < 1.29 is 4.79 Å². The van der Waals surface area contributed by atoms with Crippen LogP contribution < -0.4 is 10.6 Å². The van der Waals surface area contributed by atoms with E-state index in [0.717, 1.165) is 5.69 Å². The standard InChI is InChI=1S/C15H23ClN2O/c1-10(15(2,3)4)9-18-14(19)12-8-11(16)6-7-13(12)17-5/h6-8,10,17H,9H2,1-5H3,(H,18,19). The fourth-order valence-electron chi connectivity index (χ4n) is 1.57. The van der Waals surface area contributed by atoms with Crippen LogP contribution in [0.25, 0.3) is 0 Å². The maximum absolute atomic E-state index is 12.2. The summed E-state index contributed by atoms with van der Waals surface area (Å²) in [5, 5.41) is 6.53. The van der Waals surface area contributed by atoms with Gasteiger partial charge in [-0.15, -0.1) is 0 Å². The molecule has 0 aromatic heterocycles. The molecule has 1 rings (SSSR count). The third kappa shape index (κ3) is 4.43. The molecule has 0 saturated heterocycles. The van der Waals surface area contributed by atoms with Gasteiger partial charge < -0.3 is 10.6 Å². The normalized spacial score (nSPS) is 12.9. The van der Waals surface area contributed by atoms with Crippen molar-refractivity contribution in [1.82, 2.24) is 5.32 Å². The second kappa shape index (κ2) is 6.29. The number of carbonyl (C=O) groups excluding carboxylic acids is 1. The number of anilines is 1. The molecule has 0 spiro atoms. The molecule has 2 N–H and O–H groups in total. The summed E-state index contributed by atoms with van der Waals surface area (Å²) < 4.78 is 0. The highest BCUT2D eigenvalue weighted by Crippen LogP contribution is 2.25. The van der Waals surface area contributed by atoms with Gasteiger partial charge >= 0.3 is 0 Å². The molecule has 19 heavy (non-hydrogen) atoms. The van der Waals surface area contributed by atoms with Crippen LogP contribution in [-0.2, 0) is 0 Å². The number of hydrogen-bond donors (Lipinski definition) is 2. The van der Waals surface area contributed by atoms with E-state index >= 15 is 0 Å². The largest absolute Gasteiger partial charge is 0.387 e. The number of rotatable bonds is 4. The summed E-state index contributed by atoms with van der Waals surface area (Å²) >= 11 is 5.95. The first kappa shape index (κ1) is 15.8. The van der Waals surface area contributed by atoms with Crippen LogP contribution in [0, 0.1) is 11.3 Å². The summed E-state index contributed by atoms with van der Waals surface area (Å²) in [6, 6.07) is 5.26. The van der Waals surface area contributed by atoms with Crippen LogP contribution in [0.4, 0.5) is 5.69 Å². The molecule has 1 unspecified atom stereocenters. The number of halogens is 1. The second-order valence-corrected chi connectivity index (χ2v) is 6.35. The summed E-state index contributed by atoms with van der Waals surface area (Å²) in [5.74, 6) is 0.302. The zero-order valence-corrected chi connectivity index (χ0v) is 13.1. The molecule has 1 amide bonds. The monoisotopic (exact) mass is 282 g/mol. The van der Waals surface area contributed by atoms with Gasteiger partial charge in [0.15, 0.2) is 0 Å². The Balaban J connectivity index is 2.76. The maximum Gasteiger partial charge on any atom is 0.253 e. The fraction of sp³-hybridized carbons (Fsp3) is 0.533. The average Bonchev–Trinajstić information content (AvgIpc) is 2.34. The Hall–Kier alpha value is -1.22. The predicted molar refractivity (Wildman–Crippen MR) is 82.0 cm³/mol. The molecule has 0 aliphatic heterocycles. The van der Waals surface area contributed by atoms with Crippen molar-refractivity contribution in [2.45, 2.75) is 27.7 Å². The minimum absolute atomic E-state index is 0.0945. The lowest BCUT2D eigenvalue weighted by atomic mass is 9.82. The Morgan fingerprint density at radius 1 is 1.37 bits per heavy atom. The van der Waals surface area contributed by atoms with E-state index in [-0.39, 0.29) is 11.3 Å². The van der Waals surface area contributed by atoms with Gasteiger partial charge in [0.25, 0.3) is 5.91 Å². The zero-order chi connectivity index (χ0) is 14.6. The van der Waals surface area contributed by atoms with Crippen LogP contribution in [0.3, 0.4) is 0 Å². The number of amides is 1. The van der Waals surface area contributed by atoms with Crippen molar-refractivity contribution >= 4 is 23.2 Å². The minimum atomic E-state index is -0.0945. The summed E-state index contributed by atoms with van der Waals surface area (Å²) in [4.78, 5) is 12.2. The SMILES string of the molecule is CNc1ccc(Cl)cc1C(=O)NCC(C)C(C)(C)C. The van der Waals surface area contributed by atoms with Crippen molar-refractivity contribution in [3.8, 4) is 0 Å². The highest BCUT2D eigenvalue weighted by molar-refractivity contribution is 6.31. The van der Waals surface area contributed by atoms with Gasteiger partial charge in [-0.1, -0.05) is 39.3 Å². The summed E-state index contributed by atoms with van der Waals surface area (Å²) in [7, 11) is 1.79. The molecule has 106 valence electrons. The molecule has 1 atom stereocenters. The van der Waals surface area contributed by atoms with Crippen molar-refractivity contribution in [3.63, 3.8) is 0 Å². The summed E-state index contributed by atoms with van der Waals surface area (Å²) in [6.07, 6.45) is 0. The highest BCUT2D eigenvalue weighted by atomic mass is 35.5. The Labute approximate surface area is 120 Å². The van der Waals surface area contributed by atoms with E-state index in [2.05, 4.69) is 38.3 Å². The average molecular weight is 283 g/mol. The first-order valence-corrected chi connectivity index (χ1v) is 6.89. The number of benzene rings is 1. The molecule has 0 bridgehead atoms. The highest BCUT2D eigenvalue weighted by Gasteiger charge is 2.21. The van der Waals surface area contributed by atoms with E-state index in [1.165, 1.54) is 0 Å². The molecule has 1 aromatic carbocycles. The second-order valence-electron chi connectivity index (χ2n) is 5.92. The molecule has 0 radical (unpaired) electrons. The van der Waals surface area contributed by atoms with Gasteiger partial charge in [-0.25, -0.2) is 0 Å². The predicted octanol–water partition coefficient (Wildman–Crippen LogP) is 3.79. The topological polar surface area (TPSA) is 41.1 Å². The lowest BCUT2D eigenvalue weighted by Gasteiger charge is -2.27. The molecule has 0 aliphatic rings. The number of carbonyl (C=O) groups is 1. The third-order valence-corrected chi connectivity index (χ3v) is 3.78. The quantitative estimate of drug-likeness (QED) is 0.882. The minimum Gasteiger partial charge on any atom is -0.387 e. The van der Waals surface area contributed by atoms with Gasteiger partial charge in [0.1, 0.15) is 0 Å². The first-order chi connectivity index (χ1) is 8.75. The van der Waals surface area contributed by atoms with Crippen molar-refractivity contribution in [2.75, 3.05) is 18.9 Å². The van der Waals surface area contributed by atoms with Crippen molar-refractivity contribution in [2.24, 2.45) is 11.3 Å². The lowest BCUT2D eigenvalue weighted by Crippen LogP contribution is -2.34. The van der Waals surface area contributed by atoms with E-state index in [0.29, 0.717) is 23.0 Å². The maximum atomic E-state index is 12.2. The molecule has 0 saturated carbocycles. The Morgan fingerprint density at radius 2 is 2.00 bits per heavy atom. The van der Waals surface area contributed by atoms with Crippen LogP contribution >= 0.6 is 11.6 Å². The van der Waals surface area contributed by atoms with E-state index < -0.39 is 0 Å². The summed E-state index contributed by atoms with van der Waals surface area (Å²) in [6.45, 7) is 9.29. The van der Waals surface area contributed by atoms with E-state index in [4.69, 9.17) is 11.6 Å². The molecule has 4 heteroatoms. The first-order valence-electron chi connectivity index (χ1n) is 6.51. The van der Waals surface area contributed by atoms with Crippen LogP contribution in [0.2, 0.25) is 5.02 Å². The molecule has 1 aromatic rings. The van der Waals surface area contributed by atoms with Crippen LogP contribution in [0.15, 0.2) is 18.2 Å². The van der Waals surface area contributed by atoms with Crippen LogP contribution in [0.5, 0.6) is 0 Å². The van der Waals surface area contributed by atoms with Gasteiger partial charge in [-0.2, -0.15) is 0 Å². The fourth-order valence-corrected chi connectivity index (χ4v) is 1.74. The molecular formula is C15H23ClN2O. The number of hydrogen-bond acceptors (Lipinski definition) is 2. The molecular weight excluding hydrogens is 260 g/mol. The Kier molecular flexibility index (Phi) is 5.24. The van der Waals surface area contributed by atoms with Gasteiger partial charge in [-0.3, -0.25) is 4.79 Å². The van der Waals surface area contributed by atoms with Gasteiger partial charge in [-0.05, 0) is 29.5 Å². The van der Waals surface area contributed by atoms with Crippen LogP contribution in [0.1, 0.15) is 38.1 Å². The molecule has 0 fully saturated rings. The Bertz CT molecular complexity index is 452.